The number of primary amides is 1. The van der Waals surface area contributed by atoms with Gasteiger partial charge in [0.15, 0.2) is 0 Å². The van der Waals surface area contributed by atoms with E-state index < -0.39 is 0 Å². The number of piperidine rings is 1. The highest BCUT2D eigenvalue weighted by Crippen LogP contribution is 2.21. The molecule has 25 heavy (non-hydrogen) atoms. The van der Waals surface area contributed by atoms with Crippen molar-refractivity contribution < 1.29 is 9.59 Å². The van der Waals surface area contributed by atoms with Crippen molar-refractivity contribution in [2.24, 2.45) is 11.7 Å². The first-order valence-corrected chi connectivity index (χ1v) is 9.00. The molecule has 2 amide bonds. The second kappa shape index (κ2) is 7.93. The van der Waals surface area contributed by atoms with Crippen molar-refractivity contribution in [3.63, 3.8) is 0 Å². The summed E-state index contributed by atoms with van der Waals surface area (Å²) in [7, 11) is 0. The summed E-state index contributed by atoms with van der Waals surface area (Å²) in [4.78, 5) is 30.1. The number of pyridine rings is 1. The van der Waals surface area contributed by atoms with Gasteiger partial charge >= 0.3 is 0 Å². The quantitative estimate of drug-likeness (QED) is 0.689. The average Bonchev–Trinajstić information content (AvgIpc) is 2.60. The van der Waals surface area contributed by atoms with E-state index in [-0.39, 0.29) is 24.3 Å². The normalized spacial score (nSPS) is 20.8. The van der Waals surface area contributed by atoms with Crippen LogP contribution < -0.4 is 16.4 Å². The van der Waals surface area contributed by atoms with Gasteiger partial charge in [-0.05, 0) is 56.0 Å². The molecule has 0 aliphatic carbocycles. The number of amides is 2. The van der Waals surface area contributed by atoms with Gasteiger partial charge in [0.1, 0.15) is 0 Å². The van der Waals surface area contributed by atoms with Crippen LogP contribution in [0.5, 0.6) is 0 Å². The number of rotatable bonds is 5. The summed E-state index contributed by atoms with van der Waals surface area (Å²) in [6, 6.07) is 0. The first-order valence-electron chi connectivity index (χ1n) is 9.00. The maximum Gasteiger partial charge on any atom is 0.231 e. The zero-order valence-electron chi connectivity index (χ0n) is 14.8. The van der Waals surface area contributed by atoms with Gasteiger partial charge < -0.3 is 16.4 Å². The van der Waals surface area contributed by atoms with Crippen LogP contribution in [0.1, 0.15) is 35.2 Å². The Labute approximate surface area is 148 Å². The van der Waals surface area contributed by atoms with E-state index in [9.17, 15) is 9.59 Å². The lowest BCUT2D eigenvalue weighted by atomic mass is 9.94. The Hall–Kier alpha value is -1.99. The van der Waals surface area contributed by atoms with Gasteiger partial charge in [-0.1, -0.05) is 0 Å². The Morgan fingerprint density at radius 1 is 1.48 bits per heavy atom. The summed E-state index contributed by atoms with van der Waals surface area (Å²) in [6.07, 6.45) is 4.68. The summed E-state index contributed by atoms with van der Waals surface area (Å²) < 4.78 is 0. The average molecular weight is 345 g/mol. The van der Waals surface area contributed by atoms with Crippen LogP contribution in [-0.2, 0) is 29.1 Å². The maximum atomic E-state index is 12.6. The van der Waals surface area contributed by atoms with Crippen LogP contribution in [0.3, 0.4) is 0 Å². The fourth-order valence-corrected chi connectivity index (χ4v) is 3.83. The van der Waals surface area contributed by atoms with E-state index in [1.807, 2.05) is 18.0 Å². The van der Waals surface area contributed by atoms with Crippen LogP contribution >= 0.6 is 0 Å². The van der Waals surface area contributed by atoms with Crippen LogP contribution in [-0.4, -0.2) is 47.9 Å². The van der Waals surface area contributed by atoms with Gasteiger partial charge in [0.2, 0.25) is 11.8 Å². The molecular formula is C18H27N5O2. The molecule has 0 aromatic carbocycles. The molecule has 0 spiro atoms. The topological polar surface area (TPSA) is 100 Å². The number of fused-ring (bicyclic) bond motifs is 1. The lowest BCUT2D eigenvalue weighted by Gasteiger charge is -2.31. The lowest BCUT2D eigenvalue weighted by molar-refractivity contribution is -0.128. The molecule has 3 heterocycles. The highest BCUT2D eigenvalue weighted by molar-refractivity contribution is 5.79. The molecule has 4 N–H and O–H groups in total. The molecule has 3 rings (SSSR count). The minimum atomic E-state index is -0.340. The predicted molar refractivity (Wildman–Crippen MR) is 94.6 cm³/mol. The van der Waals surface area contributed by atoms with E-state index in [2.05, 4.69) is 15.6 Å². The number of carbonyl (C=O) groups excluding carboxylic acids is 2. The SMILES string of the molecule is Cc1ncc2c(c1CNC(=O)C1CCCN(CC(N)=O)C1)CCNC2. The number of aryl methyl sites for hydroxylation is 1. The van der Waals surface area contributed by atoms with Gasteiger partial charge in [-0.15, -0.1) is 0 Å². The lowest BCUT2D eigenvalue weighted by Crippen LogP contribution is -2.45. The summed E-state index contributed by atoms with van der Waals surface area (Å²) >= 11 is 0. The standard InChI is InChI=1S/C18H27N5O2/c1-12-16(15-4-5-20-7-14(15)8-21-12)9-22-18(25)13-3-2-6-23(10-13)11-17(19)24/h8,13,20H,2-7,9-11H2,1H3,(H2,19,24)(H,22,25). The predicted octanol–water partition coefficient (Wildman–Crippen LogP) is -0.151. The number of nitrogens with two attached hydrogens (primary N) is 1. The molecule has 7 nitrogen and oxygen atoms in total. The molecule has 0 bridgehead atoms. The van der Waals surface area contributed by atoms with Crippen molar-refractivity contribution in [2.45, 2.75) is 39.3 Å². The number of nitrogens with one attached hydrogen (secondary N) is 2. The van der Waals surface area contributed by atoms with Gasteiger partial charge in [0, 0.05) is 31.5 Å². The molecule has 1 aromatic heterocycles. The van der Waals surface area contributed by atoms with E-state index in [4.69, 9.17) is 5.73 Å². The minimum Gasteiger partial charge on any atom is -0.369 e. The Morgan fingerprint density at radius 3 is 3.12 bits per heavy atom. The van der Waals surface area contributed by atoms with E-state index >= 15 is 0 Å². The Bertz CT molecular complexity index is 661. The molecular weight excluding hydrogens is 318 g/mol. The van der Waals surface area contributed by atoms with E-state index in [1.165, 1.54) is 11.1 Å². The molecule has 7 heteroatoms. The van der Waals surface area contributed by atoms with Gasteiger partial charge in [-0.2, -0.15) is 0 Å². The van der Waals surface area contributed by atoms with E-state index in [0.717, 1.165) is 50.2 Å². The molecule has 2 aliphatic heterocycles. The molecule has 0 saturated carbocycles. The molecule has 1 atom stereocenters. The van der Waals surface area contributed by atoms with E-state index in [1.54, 1.807) is 0 Å². The molecule has 1 fully saturated rings. The van der Waals surface area contributed by atoms with Crippen molar-refractivity contribution in [3.05, 3.63) is 28.6 Å². The molecule has 2 aliphatic rings. The van der Waals surface area contributed by atoms with Crippen LogP contribution in [0, 0.1) is 12.8 Å². The maximum absolute atomic E-state index is 12.6. The number of likely N-dealkylation sites (tertiary alicyclic amines) is 1. The van der Waals surface area contributed by atoms with Crippen molar-refractivity contribution >= 4 is 11.8 Å². The van der Waals surface area contributed by atoms with Gasteiger partial charge in [-0.25, -0.2) is 0 Å². The summed E-state index contributed by atoms with van der Waals surface area (Å²) in [5, 5.41) is 6.45. The van der Waals surface area contributed by atoms with Gasteiger partial charge in [0.05, 0.1) is 12.5 Å². The third kappa shape index (κ3) is 4.35. The number of aromatic nitrogens is 1. The Kier molecular flexibility index (Phi) is 5.65. The van der Waals surface area contributed by atoms with Crippen LogP contribution in [0.15, 0.2) is 6.20 Å². The van der Waals surface area contributed by atoms with E-state index in [0.29, 0.717) is 13.1 Å². The molecule has 1 aromatic rings. The monoisotopic (exact) mass is 345 g/mol. The molecule has 0 radical (unpaired) electrons. The summed E-state index contributed by atoms with van der Waals surface area (Å²) in [5.41, 5.74) is 9.96. The molecule has 1 saturated heterocycles. The second-order valence-electron chi connectivity index (χ2n) is 7.01. The number of hydrogen-bond donors (Lipinski definition) is 3. The van der Waals surface area contributed by atoms with Crippen LogP contribution in [0.4, 0.5) is 0 Å². The Balaban J connectivity index is 1.62. The summed E-state index contributed by atoms with van der Waals surface area (Å²) in [5.74, 6) is -0.366. The fraction of sp³-hybridized carbons (Fsp3) is 0.611. The Morgan fingerprint density at radius 2 is 2.32 bits per heavy atom. The smallest absolute Gasteiger partial charge is 0.231 e. The van der Waals surface area contributed by atoms with Crippen molar-refractivity contribution in [3.8, 4) is 0 Å². The zero-order chi connectivity index (χ0) is 17.8. The molecule has 136 valence electrons. The first kappa shape index (κ1) is 17.8. The molecule has 1 unspecified atom stereocenters. The second-order valence-corrected chi connectivity index (χ2v) is 7.01. The number of carbonyl (C=O) groups is 2. The van der Waals surface area contributed by atoms with Crippen molar-refractivity contribution in [1.82, 2.24) is 20.5 Å². The van der Waals surface area contributed by atoms with Crippen LogP contribution in [0.2, 0.25) is 0 Å². The third-order valence-electron chi connectivity index (χ3n) is 5.17. The summed E-state index contributed by atoms with van der Waals surface area (Å²) in [6.45, 7) is 5.98. The first-order chi connectivity index (χ1) is 12.0. The largest absolute Gasteiger partial charge is 0.369 e. The fourth-order valence-electron chi connectivity index (χ4n) is 3.83. The number of nitrogens with zero attached hydrogens (tertiary/aromatic N) is 2. The highest BCUT2D eigenvalue weighted by atomic mass is 16.2. The van der Waals surface area contributed by atoms with Gasteiger partial charge in [-0.3, -0.25) is 19.5 Å². The van der Waals surface area contributed by atoms with Crippen LogP contribution in [0.25, 0.3) is 0 Å². The third-order valence-corrected chi connectivity index (χ3v) is 5.17. The van der Waals surface area contributed by atoms with Gasteiger partial charge in [0.25, 0.3) is 0 Å². The number of hydrogen-bond acceptors (Lipinski definition) is 5. The zero-order valence-corrected chi connectivity index (χ0v) is 14.8. The van der Waals surface area contributed by atoms with Crippen molar-refractivity contribution in [2.75, 3.05) is 26.2 Å². The van der Waals surface area contributed by atoms with Crippen molar-refractivity contribution in [1.29, 1.82) is 0 Å². The highest BCUT2D eigenvalue weighted by Gasteiger charge is 2.26. The minimum absolute atomic E-state index is 0.0557.